The van der Waals surface area contributed by atoms with Crippen molar-refractivity contribution in [2.45, 2.75) is 27.7 Å². The highest BCUT2D eigenvalue weighted by atomic mass is 16.1. The summed E-state index contributed by atoms with van der Waals surface area (Å²) in [6, 6.07) is 5.91. The van der Waals surface area contributed by atoms with E-state index < -0.39 is 0 Å². The molecule has 0 bridgehead atoms. The van der Waals surface area contributed by atoms with E-state index in [2.05, 4.69) is 12.2 Å². The molecule has 0 unspecified atom stereocenters. The fraction of sp³-hybridized carbons (Fsp3) is 0.308. The van der Waals surface area contributed by atoms with E-state index in [0.29, 0.717) is 0 Å². The minimum atomic E-state index is -0.0410. The molecule has 1 aromatic rings. The highest BCUT2D eigenvalue weighted by Gasteiger charge is 2.03. The van der Waals surface area contributed by atoms with Crippen LogP contribution < -0.4 is 5.32 Å². The van der Waals surface area contributed by atoms with Crippen LogP contribution in [0.5, 0.6) is 0 Å². The van der Waals surface area contributed by atoms with E-state index >= 15 is 0 Å². The summed E-state index contributed by atoms with van der Waals surface area (Å²) in [4.78, 5) is 11.6. The first kappa shape index (κ1) is 11.5. The van der Waals surface area contributed by atoms with Crippen LogP contribution in [0.3, 0.4) is 0 Å². The Morgan fingerprint density at radius 3 is 2.47 bits per heavy atom. The SMILES string of the molecule is C/C=C(\C)C(=O)Nc1ccc(C)c(C)c1. The van der Waals surface area contributed by atoms with Gasteiger partial charge in [-0.25, -0.2) is 0 Å². The summed E-state index contributed by atoms with van der Waals surface area (Å²) in [5, 5.41) is 2.85. The predicted octanol–water partition coefficient (Wildman–Crippen LogP) is 3.21. The van der Waals surface area contributed by atoms with Crippen LogP contribution >= 0.6 is 0 Å². The molecule has 0 saturated carbocycles. The second-order valence-corrected chi connectivity index (χ2v) is 3.72. The summed E-state index contributed by atoms with van der Waals surface area (Å²) in [6.45, 7) is 7.75. The van der Waals surface area contributed by atoms with Crippen LogP contribution in [0.25, 0.3) is 0 Å². The van der Waals surface area contributed by atoms with Crippen molar-refractivity contribution in [3.63, 3.8) is 0 Å². The molecule has 1 aromatic carbocycles. The Hall–Kier alpha value is -1.57. The topological polar surface area (TPSA) is 29.1 Å². The first-order valence-corrected chi connectivity index (χ1v) is 5.06. The number of hydrogen-bond donors (Lipinski definition) is 1. The standard InChI is InChI=1S/C13H17NO/c1-5-9(2)13(15)14-12-7-6-10(3)11(4)8-12/h5-8H,1-4H3,(H,14,15)/b9-5+. The van der Waals surface area contributed by atoms with Crippen molar-refractivity contribution in [2.75, 3.05) is 5.32 Å². The molecule has 0 radical (unpaired) electrons. The summed E-state index contributed by atoms with van der Waals surface area (Å²) in [7, 11) is 0. The third-order valence-electron chi connectivity index (χ3n) is 2.56. The number of carbonyl (C=O) groups excluding carboxylic acids is 1. The average Bonchev–Trinajstić information content (AvgIpc) is 2.22. The van der Waals surface area contributed by atoms with E-state index in [1.165, 1.54) is 11.1 Å². The predicted molar refractivity (Wildman–Crippen MR) is 64.0 cm³/mol. The van der Waals surface area contributed by atoms with E-state index in [-0.39, 0.29) is 5.91 Å². The van der Waals surface area contributed by atoms with Gasteiger partial charge in [-0.15, -0.1) is 0 Å². The molecular formula is C13H17NO. The maximum absolute atomic E-state index is 11.6. The molecule has 0 aliphatic rings. The molecule has 0 spiro atoms. The molecule has 2 nitrogen and oxygen atoms in total. The van der Waals surface area contributed by atoms with Gasteiger partial charge in [0.15, 0.2) is 0 Å². The molecule has 2 heteroatoms. The van der Waals surface area contributed by atoms with Crippen molar-refractivity contribution >= 4 is 11.6 Å². The number of aryl methyl sites for hydroxylation is 2. The normalized spacial score (nSPS) is 11.3. The van der Waals surface area contributed by atoms with Gasteiger partial charge in [-0.1, -0.05) is 12.1 Å². The first-order chi connectivity index (χ1) is 7.04. The summed E-state index contributed by atoms with van der Waals surface area (Å²) in [6.07, 6.45) is 1.80. The van der Waals surface area contributed by atoms with Crippen molar-refractivity contribution < 1.29 is 4.79 Å². The number of nitrogens with one attached hydrogen (secondary N) is 1. The van der Waals surface area contributed by atoms with Gasteiger partial charge in [-0.05, 0) is 51.0 Å². The quantitative estimate of drug-likeness (QED) is 0.735. The van der Waals surface area contributed by atoms with Crippen LogP contribution in [0.4, 0.5) is 5.69 Å². The van der Waals surface area contributed by atoms with Crippen molar-refractivity contribution in [2.24, 2.45) is 0 Å². The largest absolute Gasteiger partial charge is 0.322 e. The van der Waals surface area contributed by atoms with Crippen LogP contribution in [0.15, 0.2) is 29.8 Å². The molecule has 0 saturated heterocycles. The Balaban J connectivity index is 2.82. The lowest BCUT2D eigenvalue weighted by Gasteiger charge is -2.07. The van der Waals surface area contributed by atoms with Crippen LogP contribution in [0.1, 0.15) is 25.0 Å². The minimum Gasteiger partial charge on any atom is -0.322 e. The molecule has 1 N–H and O–H groups in total. The lowest BCUT2D eigenvalue weighted by atomic mass is 10.1. The van der Waals surface area contributed by atoms with Gasteiger partial charge in [0.05, 0.1) is 0 Å². The molecule has 80 valence electrons. The third kappa shape index (κ3) is 2.94. The van der Waals surface area contributed by atoms with Crippen LogP contribution in [-0.2, 0) is 4.79 Å². The molecule has 0 atom stereocenters. The number of hydrogen-bond acceptors (Lipinski definition) is 1. The Labute approximate surface area is 91.0 Å². The number of benzene rings is 1. The minimum absolute atomic E-state index is 0.0410. The lowest BCUT2D eigenvalue weighted by Crippen LogP contribution is -2.12. The van der Waals surface area contributed by atoms with Gasteiger partial charge in [-0.3, -0.25) is 4.79 Å². The van der Waals surface area contributed by atoms with Crippen molar-refractivity contribution in [1.82, 2.24) is 0 Å². The summed E-state index contributed by atoms with van der Waals surface area (Å²) in [5.74, 6) is -0.0410. The van der Waals surface area contributed by atoms with Crippen molar-refractivity contribution in [3.8, 4) is 0 Å². The summed E-state index contributed by atoms with van der Waals surface area (Å²) < 4.78 is 0. The zero-order valence-corrected chi connectivity index (χ0v) is 9.72. The van der Waals surface area contributed by atoms with E-state index in [1.807, 2.05) is 32.0 Å². The van der Waals surface area contributed by atoms with E-state index in [9.17, 15) is 4.79 Å². The fourth-order valence-electron chi connectivity index (χ4n) is 1.18. The van der Waals surface area contributed by atoms with Gasteiger partial charge >= 0.3 is 0 Å². The molecule has 0 aliphatic carbocycles. The zero-order valence-electron chi connectivity index (χ0n) is 9.72. The average molecular weight is 203 g/mol. The smallest absolute Gasteiger partial charge is 0.250 e. The van der Waals surface area contributed by atoms with Crippen molar-refractivity contribution in [1.29, 1.82) is 0 Å². The maximum atomic E-state index is 11.6. The molecule has 1 rings (SSSR count). The molecule has 0 heterocycles. The fourth-order valence-corrected chi connectivity index (χ4v) is 1.18. The highest BCUT2D eigenvalue weighted by molar-refractivity contribution is 6.03. The summed E-state index contributed by atoms with van der Waals surface area (Å²) in [5.41, 5.74) is 4.00. The number of carbonyl (C=O) groups is 1. The van der Waals surface area contributed by atoms with Crippen molar-refractivity contribution in [3.05, 3.63) is 41.0 Å². The number of rotatable bonds is 2. The Morgan fingerprint density at radius 2 is 1.93 bits per heavy atom. The first-order valence-electron chi connectivity index (χ1n) is 5.06. The monoisotopic (exact) mass is 203 g/mol. The molecular weight excluding hydrogens is 186 g/mol. The highest BCUT2D eigenvalue weighted by Crippen LogP contribution is 2.14. The maximum Gasteiger partial charge on any atom is 0.250 e. The van der Waals surface area contributed by atoms with Crippen LogP contribution in [0, 0.1) is 13.8 Å². The number of allylic oxidation sites excluding steroid dienone is 1. The van der Waals surface area contributed by atoms with Gasteiger partial charge < -0.3 is 5.32 Å². The molecule has 1 amide bonds. The van der Waals surface area contributed by atoms with E-state index in [0.717, 1.165) is 11.3 Å². The Kier molecular flexibility index (Phi) is 3.67. The Morgan fingerprint density at radius 1 is 1.27 bits per heavy atom. The van der Waals surface area contributed by atoms with E-state index in [1.54, 1.807) is 13.0 Å². The van der Waals surface area contributed by atoms with Crippen LogP contribution in [-0.4, -0.2) is 5.91 Å². The molecule has 0 aliphatic heterocycles. The molecule has 15 heavy (non-hydrogen) atoms. The summed E-state index contributed by atoms with van der Waals surface area (Å²) >= 11 is 0. The van der Waals surface area contributed by atoms with Gasteiger partial charge in [0.2, 0.25) is 0 Å². The molecule has 0 fully saturated rings. The Bertz CT molecular complexity index is 405. The molecule has 0 aromatic heterocycles. The van der Waals surface area contributed by atoms with Gasteiger partial charge in [-0.2, -0.15) is 0 Å². The van der Waals surface area contributed by atoms with Crippen LogP contribution in [0.2, 0.25) is 0 Å². The second-order valence-electron chi connectivity index (χ2n) is 3.72. The number of amides is 1. The second kappa shape index (κ2) is 4.78. The zero-order chi connectivity index (χ0) is 11.4. The third-order valence-corrected chi connectivity index (χ3v) is 2.56. The number of anilines is 1. The van der Waals surface area contributed by atoms with Gasteiger partial charge in [0.25, 0.3) is 5.91 Å². The van der Waals surface area contributed by atoms with Gasteiger partial charge in [0.1, 0.15) is 0 Å². The lowest BCUT2D eigenvalue weighted by molar-refractivity contribution is -0.112. The van der Waals surface area contributed by atoms with Gasteiger partial charge in [0, 0.05) is 11.3 Å². The van der Waals surface area contributed by atoms with E-state index in [4.69, 9.17) is 0 Å².